The van der Waals surface area contributed by atoms with E-state index < -0.39 is 5.60 Å². The van der Waals surface area contributed by atoms with E-state index in [1.807, 2.05) is 45.0 Å². The van der Waals surface area contributed by atoms with Gasteiger partial charge in [0.2, 0.25) is 0 Å². The molecule has 0 radical (unpaired) electrons. The number of hydrogen-bond acceptors (Lipinski definition) is 3. The van der Waals surface area contributed by atoms with Crippen molar-refractivity contribution in [3.8, 4) is 0 Å². The molecule has 0 aromatic heterocycles. The lowest BCUT2D eigenvalue weighted by Crippen LogP contribution is -2.39. The van der Waals surface area contributed by atoms with Gasteiger partial charge in [-0.3, -0.25) is 0 Å². The number of halogens is 1. The number of nitrogens with zero attached hydrogens (tertiary/aromatic N) is 1. The van der Waals surface area contributed by atoms with Crippen LogP contribution in [0, 0.1) is 0 Å². The van der Waals surface area contributed by atoms with E-state index in [1.54, 1.807) is 4.90 Å². The second-order valence-corrected chi connectivity index (χ2v) is 6.77. The molecule has 1 aliphatic rings. The lowest BCUT2D eigenvalue weighted by molar-refractivity contribution is 0.0247. The molecule has 0 bridgehead atoms. The Kier molecular flexibility index (Phi) is 5.12. The van der Waals surface area contributed by atoms with Gasteiger partial charge in [0.1, 0.15) is 5.60 Å². The van der Waals surface area contributed by atoms with Crippen LogP contribution in [-0.2, 0) is 4.74 Å². The van der Waals surface area contributed by atoms with E-state index in [0.717, 1.165) is 23.6 Å². The number of carbonyl (C=O) groups excluding carboxylic acids is 1. The molecule has 1 heterocycles. The summed E-state index contributed by atoms with van der Waals surface area (Å²) in [4.78, 5) is 14.0. The number of amides is 1. The fourth-order valence-corrected chi connectivity index (χ4v) is 2.46. The first kappa shape index (κ1) is 16.1. The summed E-state index contributed by atoms with van der Waals surface area (Å²) in [6.45, 7) is 7.86. The van der Waals surface area contributed by atoms with Gasteiger partial charge >= 0.3 is 6.09 Å². The quantitative estimate of drug-likeness (QED) is 0.861. The van der Waals surface area contributed by atoms with E-state index in [2.05, 4.69) is 5.32 Å². The van der Waals surface area contributed by atoms with E-state index in [0.29, 0.717) is 13.1 Å². The maximum atomic E-state index is 12.3. The van der Waals surface area contributed by atoms with Gasteiger partial charge in [-0.25, -0.2) is 4.79 Å². The van der Waals surface area contributed by atoms with Gasteiger partial charge in [-0.2, -0.15) is 0 Å². The minimum absolute atomic E-state index is 0.109. The van der Waals surface area contributed by atoms with Crippen molar-refractivity contribution in [1.29, 1.82) is 0 Å². The van der Waals surface area contributed by atoms with Gasteiger partial charge in [0, 0.05) is 18.1 Å². The molecule has 0 saturated carbocycles. The smallest absolute Gasteiger partial charge is 0.410 e. The fraction of sp³-hybridized carbons (Fsp3) is 0.562. The minimum Gasteiger partial charge on any atom is -0.444 e. The summed E-state index contributed by atoms with van der Waals surface area (Å²) in [7, 11) is 0. The lowest BCUT2D eigenvalue weighted by atomic mass is 10.1. The monoisotopic (exact) mass is 310 g/mol. The molecule has 116 valence electrons. The van der Waals surface area contributed by atoms with Crippen LogP contribution in [0.25, 0.3) is 0 Å². The molecule has 1 N–H and O–H groups in total. The van der Waals surface area contributed by atoms with Crippen LogP contribution in [0.5, 0.6) is 0 Å². The highest BCUT2D eigenvalue weighted by molar-refractivity contribution is 6.30. The van der Waals surface area contributed by atoms with Crippen molar-refractivity contribution >= 4 is 17.7 Å². The summed E-state index contributed by atoms with van der Waals surface area (Å²) in [5.74, 6) is 0. The van der Waals surface area contributed by atoms with Crippen LogP contribution >= 0.6 is 11.6 Å². The molecule has 2 rings (SSSR count). The van der Waals surface area contributed by atoms with Gasteiger partial charge < -0.3 is 15.0 Å². The van der Waals surface area contributed by atoms with E-state index in [1.165, 1.54) is 0 Å². The molecule has 1 atom stereocenters. The summed E-state index contributed by atoms with van der Waals surface area (Å²) in [6.07, 6.45) is 0.675. The average molecular weight is 311 g/mol. The first-order valence-electron chi connectivity index (χ1n) is 7.32. The minimum atomic E-state index is -0.466. The second-order valence-electron chi connectivity index (χ2n) is 6.34. The van der Waals surface area contributed by atoms with E-state index in [-0.39, 0.29) is 12.1 Å². The molecular weight excluding hydrogens is 288 g/mol. The number of rotatable bonds is 1. The highest BCUT2D eigenvalue weighted by Gasteiger charge is 2.26. The van der Waals surface area contributed by atoms with Crippen LogP contribution < -0.4 is 5.32 Å². The summed E-state index contributed by atoms with van der Waals surface area (Å²) < 4.78 is 5.47. The molecule has 1 fully saturated rings. The predicted octanol–water partition coefficient (Wildman–Crippen LogP) is 3.61. The Bertz CT molecular complexity index is 482. The second kappa shape index (κ2) is 6.67. The van der Waals surface area contributed by atoms with Crippen molar-refractivity contribution in [2.24, 2.45) is 0 Å². The van der Waals surface area contributed by atoms with Crippen molar-refractivity contribution in [3.05, 3.63) is 34.9 Å². The summed E-state index contributed by atoms with van der Waals surface area (Å²) >= 11 is 5.93. The highest BCUT2D eigenvalue weighted by atomic mass is 35.5. The number of nitrogens with one attached hydrogen (secondary N) is 1. The van der Waals surface area contributed by atoms with Gasteiger partial charge in [-0.1, -0.05) is 23.7 Å². The third kappa shape index (κ3) is 4.90. The van der Waals surface area contributed by atoms with Crippen molar-refractivity contribution in [1.82, 2.24) is 10.2 Å². The van der Waals surface area contributed by atoms with Crippen LogP contribution in [0.2, 0.25) is 5.02 Å². The topological polar surface area (TPSA) is 41.6 Å². The zero-order valence-corrected chi connectivity index (χ0v) is 13.6. The Hall–Kier alpha value is -1.26. The first-order valence-corrected chi connectivity index (χ1v) is 7.70. The van der Waals surface area contributed by atoms with Crippen LogP contribution in [0.15, 0.2) is 24.3 Å². The SMILES string of the molecule is CC(C)(C)OC(=O)N1CCCNC(c2ccc(Cl)cc2)C1. The molecule has 5 heteroatoms. The average Bonchev–Trinajstić information content (AvgIpc) is 2.63. The molecule has 0 spiro atoms. The summed E-state index contributed by atoms with van der Waals surface area (Å²) in [5.41, 5.74) is 0.668. The molecule has 1 amide bonds. The van der Waals surface area contributed by atoms with Gasteiger partial charge in [0.05, 0.1) is 6.04 Å². The van der Waals surface area contributed by atoms with Crippen molar-refractivity contribution in [2.75, 3.05) is 19.6 Å². The maximum Gasteiger partial charge on any atom is 0.410 e. The maximum absolute atomic E-state index is 12.3. The summed E-state index contributed by atoms with van der Waals surface area (Å²) in [5, 5.41) is 4.19. The van der Waals surface area contributed by atoms with Gasteiger partial charge in [-0.05, 0) is 51.4 Å². The number of benzene rings is 1. The Morgan fingerprint density at radius 1 is 1.33 bits per heavy atom. The molecule has 21 heavy (non-hydrogen) atoms. The van der Waals surface area contributed by atoms with E-state index in [9.17, 15) is 4.79 Å². The molecular formula is C16H23ClN2O2. The highest BCUT2D eigenvalue weighted by Crippen LogP contribution is 2.21. The molecule has 0 aliphatic carbocycles. The molecule has 4 nitrogen and oxygen atoms in total. The molecule has 1 aromatic rings. The Morgan fingerprint density at radius 3 is 2.62 bits per heavy atom. The lowest BCUT2D eigenvalue weighted by Gasteiger charge is -2.28. The standard InChI is InChI=1S/C16H23ClN2O2/c1-16(2,3)21-15(20)19-10-4-9-18-14(11-19)12-5-7-13(17)8-6-12/h5-8,14,18H,4,9-11H2,1-3H3. The predicted molar refractivity (Wildman–Crippen MR) is 84.6 cm³/mol. The number of ether oxygens (including phenoxy) is 1. The van der Waals surface area contributed by atoms with Gasteiger partial charge in [0.15, 0.2) is 0 Å². The molecule has 1 aromatic carbocycles. The Balaban J connectivity index is 2.07. The zero-order chi connectivity index (χ0) is 15.5. The molecule has 1 saturated heterocycles. The number of carbonyl (C=O) groups is 1. The van der Waals surface area contributed by atoms with Crippen LogP contribution in [-0.4, -0.2) is 36.2 Å². The van der Waals surface area contributed by atoms with E-state index in [4.69, 9.17) is 16.3 Å². The van der Waals surface area contributed by atoms with Crippen LogP contribution in [0.4, 0.5) is 4.79 Å². The molecule has 1 aliphatic heterocycles. The normalized spacial score (nSPS) is 20.0. The van der Waals surface area contributed by atoms with Crippen molar-refractivity contribution in [2.45, 2.75) is 38.8 Å². The first-order chi connectivity index (χ1) is 9.85. The fourth-order valence-electron chi connectivity index (χ4n) is 2.33. The van der Waals surface area contributed by atoms with Gasteiger partial charge in [-0.15, -0.1) is 0 Å². The van der Waals surface area contributed by atoms with E-state index >= 15 is 0 Å². The number of hydrogen-bond donors (Lipinski definition) is 1. The van der Waals surface area contributed by atoms with Crippen LogP contribution in [0.1, 0.15) is 38.8 Å². The third-order valence-electron chi connectivity index (χ3n) is 3.32. The van der Waals surface area contributed by atoms with Crippen molar-refractivity contribution in [3.63, 3.8) is 0 Å². The Labute approximate surface area is 131 Å². The van der Waals surface area contributed by atoms with Crippen molar-refractivity contribution < 1.29 is 9.53 Å². The van der Waals surface area contributed by atoms with Gasteiger partial charge in [0.25, 0.3) is 0 Å². The molecule has 1 unspecified atom stereocenters. The Morgan fingerprint density at radius 2 is 2.00 bits per heavy atom. The summed E-state index contributed by atoms with van der Waals surface area (Å²) in [6, 6.07) is 7.86. The van der Waals surface area contributed by atoms with Crippen LogP contribution in [0.3, 0.4) is 0 Å². The largest absolute Gasteiger partial charge is 0.444 e. The zero-order valence-electron chi connectivity index (χ0n) is 12.9. The third-order valence-corrected chi connectivity index (χ3v) is 3.57.